The van der Waals surface area contributed by atoms with Crippen molar-refractivity contribution in [3.63, 3.8) is 0 Å². The fourth-order valence-electron chi connectivity index (χ4n) is 1.19. The average molecular weight is 174 g/mol. The number of rotatable bonds is 1. The summed E-state index contributed by atoms with van der Waals surface area (Å²) in [6.45, 7) is 0. The van der Waals surface area contributed by atoms with E-state index in [1.54, 1.807) is 30.6 Å². The van der Waals surface area contributed by atoms with Crippen LogP contribution in [0.3, 0.4) is 0 Å². The number of nitrogens with zero attached hydrogens (tertiary/aromatic N) is 1. The Bertz CT molecular complexity index is 406. The summed E-state index contributed by atoms with van der Waals surface area (Å²) in [5.74, 6) is 0.741. The molecule has 0 aliphatic heterocycles. The molecule has 4 heteroatoms. The Balaban J connectivity index is 2.57. The average Bonchev–Trinajstić information content (AvgIpc) is 2.61. The third-order valence-corrected chi connectivity index (χ3v) is 1.83. The molecule has 2 aromatic rings. The maximum atomic E-state index is 5.77. The van der Waals surface area contributed by atoms with Gasteiger partial charge in [0, 0.05) is 29.3 Å². The lowest BCUT2D eigenvalue weighted by atomic mass is 10.1. The number of aromatic nitrogens is 2. The topological polar surface area (TPSA) is 80.7 Å². The number of hydrogen-bond donors (Lipinski definition) is 3. The highest BCUT2D eigenvalue weighted by Crippen LogP contribution is 2.24. The van der Waals surface area contributed by atoms with E-state index in [0.29, 0.717) is 11.4 Å². The van der Waals surface area contributed by atoms with E-state index in [2.05, 4.69) is 9.97 Å². The molecular weight excluding hydrogens is 164 g/mol. The van der Waals surface area contributed by atoms with Crippen LogP contribution < -0.4 is 11.5 Å². The van der Waals surface area contributed by atoms with Gasteiger partial charge in [-0.25, -0.2) is 4.98 Å². The maximum absolute atomic E-state index is 5.77. The van der Waals surface area contributed by atoms with Crippen LogP contribution in [0.2, 0.25) is 0 Å². The second kappa shape index (κ2) is 2.82. The van der Waals surface area contributed by atoms with Crippen LogP contribution in [0.25, 0.3) is 11.4 Å². The summed E-state index contributed by atoms with van der Waals surface area (Å²) in [6, 6.07) is 5.34. The predicted molar refractivity (Wildman–Crippen MR) is 52.8 cm³/mol. The predicted octanol–water partition coefficient (Wildman–Crippen LogP) is 1.24. The molecule has 0 atom stereocenters. The van der Waals surface area contributed by atoms with Crippen LogP contribution in [-0.2, 0) is 0 Å². The zero-order valence-corrected chi connectivity index (χ0v) is 6.99. The molecule has 0 radical (unpaired) electrons. The lowest BCUT2D eigenvalue weighted by Gasteiger charge is -2.02. The Kier molecular flexibility index (Phi) is 1.66. The van der Waals surface area contributed by atoms with Crippen LogP contribution >= 0.6 is 0 Å². The fraction of sp³-hybridized carbons (Fsp3) is 0. The van der Waals surface area contributed by atoms with E-state index in [1.807, 2.05) is 0 Å². The zero-order valence-electron chi connectivity index (χ0n) is 6.99. The summed E-state index contributed by atoms with van der Waals surface area (Å²) in [5, 5.41) is 0. The molecule has 0 aliphatic rings. The zero-order chi connectivity index (χ0) is 9.26. The van der Waals surface area contributed by atoms with Gasteiger partial charge in [-0.15, -0.1) is 0 Å². The minimum absolute atomic E-state index is 0.671. The van der Waals surface area contributed by atoms with E-state index in [1.165, 1.54) is 0 Å². The molecule has 0 bridgehead atoms. The van der Waals surface area contributed by atoms with Crippen LogP contribution in [0.15, 0.2) is 30.6 Å². The number of nitrogen functional groups attached to an aromatic ring is 2. The molecule has 4 nitrogen and oxygen atoms in total. The summed E-state index contributed by atoms with van der Waals surface area (Å²) in [4.78, 5) is 7.07. The Morgan fingerprint density at radius 3 is 2.77 bits per heavy atom. The number of nitrogens with two attached hydrogens (primary N) is 2. The number of benzene rings is 1. The first-order valence-corrected chi connectivity index (χ1v) is 3.92. The van der Waals surface area contributed by atoms with Crippen molar-refractivity contribution in [3.8, 4) is 11.4 Å². The van der Waals surface area contributed by atoms with Crippen LogP contribution in [0.1, 0.15) is 0 Å². The third kappa shape index (κ3) is 1.33. The van der Waals surface area contributed by atoms with Gasteiger partial charge in [-0.1, -0.05) is 0 Å². The van der Waals surface area contributed by atoms with Crippen molar-refractivity contribution < 1.29 is 0 Å². The summed E-state index contributed by atoms with van der Waals surface area (Å²) in [5.41, 5.74) is 13.6. The molecule has 1 aromatic carbocycles. The summed E-state index contributed by atoms with van der Waals surface area (Å²) < 4.78 is 0. The minimum Gasteiger partial charge on any atom is -0.399 e. The number of hydrogen-bond acceptors (Lipinski definition) is 3. The Morgan fingerprint density at radius 2 is 2.08 bits per heavy atom. The highest BCUT2D eigenvalue weighted by atomic mass is 14.9. The first-order valence-electron chi connectivity index (χ1n) is 3.92. The van der Waals surface area contributed by atoms with Gasteiger partial charge < -0.3 is 16.5 Å². The molecule has 0 fully saturated rings. The molecule has 0 spiro atoms. The maximum Gasteiger partial charge on any atom is 0.139 e. The lowest BCUT2D eigenvalue weighted by Crippen LogP contribution is -1.93. The van der Waals surface area contributed by atoms with Gasteiger partial charge in [-0.2, -0.15) is 0 Å². The van der Waals surface area contributed by atoms with Crippen LogP contribution in [0.4, 0.5) is 11.4 Å². The van der Waals surface area contributed by atoms with Crippen LogP contribution in [-0.4, -0.2) is 9.97 Å². The van der Waals surface area contributed by atoms with Gasteiger partial charge >= 0.3 is 0 Å². The summed E-state index contributed by atoms with van der Waals surface area (Å²) in [6.07, 6.45) is 3.43. The molecule has 0 saturated heterocycles. The number of imidazole rings is 1. The fourth-order valence-corrected chi connectivity index (χ4v) is 1.19. The first-order chi connectivity index (χ1) is 6.27. The van der Waals surface area contributed by atoms with Crippen molar-refractivity contribution in [2.45, 2.75) is 0 Å². The Morgan fingerprint density at radius 1 is 1.23 bits per heavy atom. The monoisotopic (exact) mass is 174 g/mol. The van der Waals surface area contributed by atoms with Crippen molar-refractivity contribution >= 4 is 11.4 Å². The number of nitrogens with one attached hydrogen (secondary N) is 1. The van der Waals surface area contributed by atoms with Gasteiger partial charge in [0.2, 0.25) is 0 Å². The molecule has 66 valence electrons. The van der Waals surface area contributed by atoms with E-state index in [4.69, 9.17) is 11.5 Å². The lowest BCUT2D eigenvalue weighted by molar-refractivity contribution is 1.31. The third-order valence-electron chi connectivity index (χ3n) is 1.83. The summed E-state index contributed by atoms with van der Waals surface area (Å²) >= 11 is 0. The SMILES string of the molecule is Nc1ccc(N)c(-c2ncc[nH]2)c1. The molecule has 13 heavy (non-hydrogen) atoms. The highest BCUT2D eigenvalue weighted by Gasteiger charge is 2.04. The van der Waals surface area contributed by atoms with Gasteiger partial charge in [-0.05, 0) is 18.2 Å². The van der Waals surface area contributed by atoms with Crippen molar-refractivity contribution in [1.82, 2.24) is 9.97 Å². The van der Waals surface area contributed by atoms with E-state index in [0.717, 1.165) is 11.4 Å². The molecule has 0 aliphatic carbocycles. The molecule has 0 amide bonds. The number of H-pyrrole nitrogens is 1. The van der Waals surface area contributed by atoms with E-state index < -0.39 is 0 Å². The first kappa shape index (κ1) is 7.67. The van der Waals surface area contributed by atoms with Gasteiger partial charge in [0.15, 0.2) is 0 Å². The number of anilines is 2. The van der Waals surface area contributed by atoms with E-state index in [9.17, 15) is 0 Å². The summed E-state index contributed by atoms with van der Waals surface area (Å²) in [7, 11) is 0. The molecule has 1 heterocycles. The van der Waals surface area contributed by atoms with Crippen LogP contribution in [0, 0.1) is 0 Å². The number of aromatic amines is 1. The van der Waals surface area contributed by atoms with Crippen molar-refractivity contribution in [1.29, 1.82) is 0 Å². The molecule has 1 aromatic heterocycles. The van der Waals surface area contributed by atoms with E-state index in [-0.39, 0.29) is 0 Å². The molecular formula is C9H10N4. The Labute approximate surface area is 75.6 Å². The molecule has 5 N–H and O–H groups in total. The second-order valence-corrected chi connectivity index (χ2v) is 2.78. The normalized spacial score (nSPS) is 10.2. The minimum atomic E-state index is 0.671. The van der Waals surface area contributed by atoms with Crippen LogP contribution in [0.5, 0.6) is 0 Å². The molecule has 0 unspecified atom stereocenters. The molecule has 0 saturated carbocycles. The van der Waals surface area contributed by atoms with Gasteiger partial charge in [0.1, 0.15) is 5.82 Å². The second-order valence-electron chi connectivity index (χ2n) is 2.78. The largest absolute Gasteiger partial charge is 0.399 e. The van der Waals surface area contributed by atoms with Crippen molar-refractivity contribution in [2.24, 2.45) is 0 Å². The standard InChI is InChI=1S/C9H10N4/c10-6-1-2-8(11)7(5-6)9-12-3-4-13-9/h1-5H,10-11H2,(H,12,13). The molecule has 2 rings (SSSR count). The Hall–Kier alpha value is -1.97. The van der Waals surface area contributed by atoms with Crippen molar-refractivity contribution in [2.75, 3.05) is 11.5 Å². The van der Waals surface area contributed by atoms with Gasteiger partial charge in [0.25, 0.3) is 0 Å². The van der Waals surface area contributed by atoms with E-state index >= 15 is 0 Å². The van der Waals surface area contributed by atoms with Gasteiger partial charge in [0.05, 0.1) is 0 Å². The highest BCUT2D eigenvalue weighted by molar-refractivity contribution is 5.74. The quantitative estimate of drug-likeness (QED) is 0.569. The smallest absolute Gasteiger partial charge is 0.139 e. The van der Waals surface area contributed by atoms with Gasteiger partial charge in [-0.3, -0.25) is 0 Å². The van der Waals surface area contributed by atoms with Crippen molar-refractivity contribution in [3.05, 3.63) is 30.6 Å².